The van der Waals surface area contributed by atoms with Crippen LogP contribution in [0.3, 0.4) is 0 Å². The molecule has 102 valence electrons. The molecule has 0 amide bonds. The Morgan fingerprint density at radius 3 is 2.44 bits per heavy atom. The Morgan fingerprint density at radius 1 is 1.11 bits per heavy atom. The van der Waals surface area contributed by atoms with E-state index in [1.165, 1.54) is 6.07 Å². The van der Waals surface area contributed by atoms with Gasteiger partial charge < -0.3 is 4.43 Å². The van der Waals surface area contributed by atoms with Gasteiger partial charge in [-0.1, -0.05) is 18.9 Å². The van der Waals surface area contributed by atoms with Crippen LogP contribution in [0.25, 0.3) is 0 Å². The molecule has 1 rings (SSSR count). The summed E-state index contributed by atoms with van der Waals surface area (Å²) in [5.41, 5.74) is 0.611. The molecule has 0 spiro atoms. The predicted molar refractivity (Wildman–Crippen MR) is 73.2 cm³/mol. The SMILES string of the molecule is CO[Si](C)(C)CCCCCc1ccc(F)cc1F. The van der Waals surface area contributed by atoms with Crippen LogP contribution in [0.1, 0.15) is 24.8 Å². The van der Waals surface area contributed by atoms with E-state index in [0.29, 0.717) is 12.0 Å². The smallest absolute Gasteiger partial charge is 0.186 e. The van der Waals surface area contributed by atoms with Crippen molar-refractivity contribution in [3.05, 3.63) is 35.4 Å². The number of hydrogen-bond donors (Lipinski definition) is 0. The number of rotatable bonds is 7. The number of unbranched alkanes of at least 4 members (excludes halogenated alkanes) is 2. The second-order valence-electron chi connectivity index (χ2n) is 5.26. The van der Waals surface area contributed by atoms with Crippen molar-refractivity contribution in [2.45, 2.75) is 44.8 Å². The highest BCUT2D eigenvalue weighted by Gasteiger charge is 2.19. The normalized spacial score (nSPS) is 11.8. The topological polar surface area (TPSA) is 9.23 Å². The third-order valence-electron chi connectivity index (χ3n) is 3.29. The molecule has 0 radical (unpaired) electrons. The van der Waals surface area contributed by atoms with Crippen LogP contribution in [0.2, 0.25) is 19.1 Å². The van der Waals surface area contributed by atoms with Crippen molar-refractivity contribution < 1.29 is 13.2 Å². The average molecular weight is 272 g/mol. The highest BCUT2D eigenvalue weighted by molar-refractivity contribution is 6.71. The lowest BCUT2D eigenvalue weighted by Crippen LogP contribution is -2.27. The van der Waals surface area contributed by atoms with Crippen LogP contribution < -0.4 is 0 Å². The summed E-state index contributed by atoms with van der Waals surface area (Å²) in [7, 11) is 0.329. The van der Waals surface area contributed by atoms with Gasteiger partial charge in [0.15, 0.2) is 8.32 Å². The highest BCUT2D eigenvalue weighted by atomic mass is 28.4. The van der Waals surface area contributed by atoms with E-state index < -0.39 is 20.0 Å². The van der Waals surface area contributed by atoms with Gasteiger partial charge in [-0.05, 0) is 43.6 Å². The van der Waals surface area contributed by atoms with Gasteiger partial charge in [0.1, 0.15) is 11.6 Å². The van der Waals surface area contributed by atoms with Crippen LogP contribution in [0.5, 0.6) is 0 Å². The number of halogens is 2. The molecule has 0 aliphatic heterocycles. The molecule has 0 heterocycles. The first kappa shape index (κ1) is 15.3. The zero-order valence-corrected chi connectivity index (χ0v) is 12.4. The minimum absolute atomic E-state index is 0.429. The molecule has 1 aromatic carbocycles. The molecule has 1 nitrogen and oxygen atoms in total. The average Bonchev–Trinajstić information content (AvgIpc) is 2.31. The van der Waals surface area contributed by atoms with Crippen LogP contribution in [-0.4, -0.2) is 15.4 Å². The maximum atomic E-state index is 13.4. The van der Waals surface area contributed by atoms with Crippen molar-refractivity contribution in [1.82, 2.24) is 0 Å². The molecule has 1 aromatic rings. The summed E-state index contributed by atoms with van der Waals surface area (Å²) in [6.45, 7) is 4.40. The zero-order valence-electron chi connectivity index (χ0n) is 11.4. The van der Waals surface area contributed by atoms with Gasteiger partial charge in [-0.2, -0.15) is 0 Å². The van der Waals surface area contributed by atoms with Crippen LogP contribution in [-0.2, 0) is 10.8 Å². The first-order valence-electron chi connectivity index (χ1n) is 6.44. The Balaban J connectivity index is 2.26. The molecular formula is C14H22F2OSi. The Bertz CT molecular complexity index is 380. The van der Waals surface area contributed by atoms with Crippen molar-refractivity contribution in [3.8, 4) is 0 Å². The van der Waals surface area contributed by atoms with E-state index >= 15 is 0 Å². The Morgan fingerprint density at radius 2 is 1.83 bits per heavy atom. The molecule has 0 aliphatic rings. The van der Waals surface area contributed by atoms with E-state index in [1.54, 1.807) is 13.2 Å². The number of benzene rings is 1. The summed E-state index contributed by atoms with van der Waals surface area (Å²) in [5, 5.41) is 0. The van der Waals surface area contributed by atoms with Gasteiger partial charge in [0.05, 0.1) is 0 Å². The Labute approximate surface area is 109 Å². The van der Waals surface area contributed by atoms with Crippen molar-refractivity contribution in [2.24, 2.45) is 0 Å². The molecular weight excluding hydrogens is 250 g/mol. The van der Waals surface area contributed by atoms with Crippen LogP contribution >= 0.6 is 0 Å². The Hall–Kier alpha value is -0.743. The number of hydrogen-bond acceptors (Lipinski definition) is 1. The fourth-order valence-corrected chi connectivity index (χ4v) is 3.18. The molecule has 0 saturated heterocycles. The van der Waals surface area contributed by atoms with E-state index in [0.717, 1.165) is 31.4 Å². The lowest BCUT2D eigenvalue weighted by molar-refractivity contribution is 0.401. The second kappa shape index (κ2) is 7.00. The van der Waals surface area contributed by atoms with E-state index in [4.69, 9.17) is 4.43 Å². The molecule has 18 heavy (non-hydrogen) atoms. The van der Waals surface area contributed by atoms with Gasteiger partial charge in [-0.3, -0.25) is 0 Å². The van der Waals surface area contributed by atoms with E-state index in [-0.39, 0.29) is 0 Å². The monoisotopic (exact) mass is 272 g/mol. The van der Waals surface area contributed by atoms with Crippen molar-refractivity contribution >= 4 is 8.32 Å². The van der Waals surface area contributed by atoms with Crippen LogP contribution in [0.4, 0.5) is 8.78 Å². The molecule has 0 atom stereocenters. The first-order chi connectivity index (χ1) is 8.44. The minimum Gasteiger partial charge on any atom is -0.420 e. The Kier molecular flexibility index (Phi) is 5.95. The molecule has 0 N–H and O–H groups in total. The van der Waals surface area contributed by atoms with E-state index in [2.05, 4.69) is 13.1 Å². The third kappa shape index (κ3) is 5.27. The molecule has 0 unspecified atom stereocenters. The standard InChI is InChI=1S/C14H22F2OSi/c1-17-18(2,3)10-6-4-5-7-12-8-9-13(15)11-14(12)16/h8-9,11H,4-7,10H2,1-3H3. The first-order valence-corrected chi connectivity index (χ1v) is 9.55. The van der Waals surface area contributed by atoms with Gasteiger partial charge in [-0.25, -0.2) is 8.78 Å². The summed E-state index contributed by atoms with van der Waals surface area (Å²) < 4.78 is 31.5. The molecule has 0 aromatic heterocycles. The summed E-state index contributed by atoms with van der Waals surface area (Å²) in [6.07, 6.45) is 3.81. The van der Waals surface area contributed by atoms with Gasteiger partial charge in [-0.15, -0.1) is 0 Å². The second-order valence-corrected chi connectivity index (χ2v) is 9.69. The molecule has 0 bridgehead atoms. The fraction of sp³-hybridized carbons (Fsp3) is 0.571. The minimum atomic E-state index is -1.45. The summed E-state index contributed by atoms with van der Waals surface area (Å²) in [4.78, 5) is 0. The predicted octanol–water partition coefficient (Wildman–Crippen LogP) is 4.53. The van der Waals surface area contributed by atoms with Crippen LogP contribution in [0.15, 0.2) is 18.2 Å². The largest absolute Gasteiger partial charge is 0.420 e. The fourth-order valence-electron chi connectivity index (χ4n) is 1.87. The summed E-state index contributed by atoms with van der Waals surface area (Å²) >= 11 is 0. The van der Waals surface area contributed by atoms with Crippen molar-refractivity contribution in [3.63, 3.8) is 0 Å². The van der Waals surface area contributed by atoms with Gasteiger partial charge in [0.25, 0.3) is 0 Å². The van der Waals surface area contributed by atoms with Gasteiger partial charge in [0.2, 0.25) is 0 Å². The lowest BCUT2D eigenvalue weighted by atomic mass is 10.1. The maximum absolute atomic E-state index is 13.4. The van der Waals surface area contributed by atoms with E-state index in [1.807, 2.05) is 0 Å². The molecule has 0 aliphatic carbocycles. The quantitative estimate of drug-likeness (QED) is 0.523. The van der Waals surface area contributed by atoms with Gasteiger partial charge >= 0.3 is 0 Å². The highest BCUT2D eigenvalue weighted by Crippen LogP contribution is 2.17. The molecule has 0 fully saturated rings. The van der Waals surface area contributed by atoms with Crippen LogP contribution in [0, 0.1) is 11.6 Å². The summed E-state index contributed by atoms with van der Waals surface area (Å²) in [6, 6.07) is 4.95. The lowest BCUT2D eigenvalue weighted by Gasteiger charge is -2.19. The molecule has 0 saturated carbocycles. The molecule has 4 heteroatoms. The summed E-state index contributed by atoms with van der Waals surface area (Å²) in [5.74, 6) is -0.939. The van der Waals surface area contributed by atoms with E-state index in [9.17, 15) is 8.78 Å². The van der Waals surface area contributed by atoms with Crippen molar-refractivity contribution in [2.75, 3.05) is 7.11 Å². The van der Waals surface area contributed by atoms with Crippen molar-refractivity contribution in [1.29, 1.82) is 0 Å². The third-order valence-corrected chi connectivity index (χ3v) is 5.96. The maximum Gasteiger partial charge on any atom is 0.186 e. The van der Waals surface area contributed by atoms with Gasteiger partial charge in [0, 0.05) is 13.2 Å². The number of aryl methyl sites for hydroxylation is 1. The zero-order chi connectivity index (χ0) is 13.6.